The SMILES string of the molecule is Cc1cc(C)cc(OCCN(C)C(=O)COc2ccc(F)cc2)c1. The lowest BCUT2D eigenvalue weighted by Gasteiger charge is -2.18. The molecule has 4 nitrogen and oxygen atoms in total. The predicted octanol–water partition coefficient (Wildman–Crippen LogP) is 3.36. The third-order valence-electron chi connectivity index (χ3n) is 3.49. The highest BCUT2D eigenvalue weighted by atomic mass is 19.1. The maximum absolute atomic E-state index is 12.8. The van der Waals surface area contributed by atoms with E-state index in [4.69, 9.17) is 9.47 Å². The van der Waals surface area contributed by atoms with E-state index in [0.29, 0.717) is 18.9 Å². The van der Waals surface area contributed by atoms with Crippen molar-refractivity contribution in [1.82, 2.24) is 4.90 Å². The molecule has 128 valence electrons. The first-order valence-corrected chi connectivity index (χ1v) is 7.77. The van der Waals surface area contributed by atoms with E-state index in [1.165, 1.54) is 24.3 Å². The minimum Gasteiger partial charge on any atom is -0.492 e. The summed E-state index contributed by atoms with van der Waals surface area (Å²) < 4.78 is 23.8. The molecule has 2 aromatic rings. The first-order chi connectivity index (χ1) is 11.4. The van der Waals surface area contributed by atoms with Crippen LogP contribution < -0.4 is 9.47 Å². The van der Waals surface area contributed by atoms with Gasteiger partial charge in [-0.05, 0) is 61.4 Å². The molecule has 0 heterocycles. The number of hydrogen-bond donors (Lipinski definition) is 0. The van der Waals surface area contributed by atoms with Crippen LogP contribution in [0.15, 0.2) is 42.5 Å². The molecule has 0 aliphatic heterocycles. The van der Waals surface area contributed by atoms with Crippen molar-refractivity contribution in [1.29, 1.82) is 0 Å². The Labute approximate surface area is 141 Å². The molecule has 2 aromatic carbocycles. The summed E-state index contributed by atoms with van der Waals surface area (Å²) in [5.74, 6) is 0.762. The number of aryl methyl sites for hydroxylation is 2. The van der Waals surface area contributed by atoms with Gasteiger partial charge in [0.05, 0.1) is 6.54 Å². The van der Waals surface area contributed by atoms with Crippen molar-refractivity contribution in [2.24, 2.45) is 0 Å². The van der Waals surface area contributed by atoms with E-state index in [2.05, 4.69) is 6.07 Å². The number of benzene rings is 2. The molecule has 0 aliphatic rings. The van der Waals surface area contributed by atoms with Gasteiger partial charge in [0, 0.05) is 7.05 Å². The highest BCUT2D eigenvalue weighted by Crippen LogP contribution is 2.16. The fraction of sp³-hybridized carbons (Fsp3) is 0.316. The van der Waals surface area contributed by atoms with Crippen LogP contribution in [0.5, 0.6) is 11.5 Å². The smallest absolute Gasteiger partial charge is 0.260 e. The molecular weight excluding hydrogens is 309 g/mol. The average Bonchev–Trinajstić information content (AvgIpc) is 2.53. The number of amides is 1. The van der Waals surface area contributed by atoms with Gasteiger partial charge in [0.15, 0.2) is 6.61 Å². The number of carbonyl (C=O) groups excluding carboxylic acids is 1. The number of carbonyl (C=O) groups is 1. The molecule has 0 unspecified atom stereocenters. The number of likely N-dealkylation sites (N-methyl/N-ethyl adjacent to an activating group) is 1. The monoisotopic (exact) mass is 331 g/mol. The Hall–Kier alpha value is -2.56. The number of ether oxygens (including phenoxy) is 2. The van der Waals surface area contributed by atoms with Crippen LogP contribution in [0, 0.1) is 19.7 Å². The molecule has 0 saturated carbocycles. The Kier molecular flexibility index (Phi) is 6.18. The topological polar surface area (TPSA) is 38.8 Å². The van der Waals surface area contributed by atoms with Crippen LogP contribution in [0.4, 0.5) is 4.39 Å². The molecule has 5 heteroatoms. The van der Waals surface area contributed by atoms with Gasteiger partial charge in [0.2, 0.25) is 0 Å². The molecule has 0 spiro atoms. The number of hydrogen-bond acceptors (Lipinski definition) is 3. The summed E-state index contributed by atoms with van der Waals surface area (Å²) in [4.78, 5) is 13.6. The van der Waals surface area contributed by atoms with Crippen LogP contribution >= 0.6 is 0 Å². The summed E-state index contributed by atoms with van der Waals surface area (Å²) in [6.45, 7) is 4.80. The molecule has 0 fully saturated rings. The zero-order chi connectivity index (χ0) is 17.5. The molecule has 2 rings (SSSR count). The second-order valence-corrected chi connectivity index (χ2v) is 5.73. The molecule has 1 amide bonds. The standard InChI is InChI=1S/C19H22FNO3/c1-14-10-15(2)12-18(11-14)23-9-8-21(3)19(22)13-24-17-6-4-16(20)5-7-17/h4-7,10-12H,8-9,13H2,1-3H3. The van der Waals surface area contributed by atoms with E-state index in [1.54, 1.807) is 11.9 Å². The van der Waals surface area contributed by atoms with Crippen molar-refractivity contribution in [3.63, 3.8) is 0 Å². The maximum atomic E-state index is 12.8. The quantitative estimate of drug-likeness (QED) is 0.781. The summed E-state index contributed by atoms with van der Waals surface area (Å²) in [6.07, 6.45) is 0. The minimum absolute atomic E-state index is 0.0916. The average molecular weight is 331 g/mol. The van der Waals surface area contributed by atoms with Crippen LogP contribution in [-0.4, -0.2) is 37.6 Å². The predicted molar refractivity (Wildman–Crippen MR) is 90.9 cm³/mol. The van der Waals surface area contributed by atoms with Gasteiger partial charge in [-0.15, -0.1) is 0 Å². The van der Waals surface area contributed by atoms with Gasteiger partial charge in [-0.25, -0.2) is 4.39 Å². The fourth-order valence-corrected chi connectivity index (χ4v) is 2.23. The van der Waals surface area contributed by atoms with Crippen LogP contribution in [0.1, 0.15) is 11.1 Å². The van der Waals surface area contributed by atoms with Crippen LogP contribution in [0.2, 0.25) is 0 Å². The lowest BCUT2D eigenvalue weighted by Crippen LogP contribution is -2.34. The minimum atomic E-state index is -0.339. The second-order valence-electron chi connectivity index (χ2n) is 5.73. The molecule has 0 N–H and O–H groups in total. The zero-order valence-electron chi connectivity index (χ0n) is 14.2. The van der Waals surface area contributed by atoms with Crippen molar-refractivity contribution in [3.8, 4) is 11.5 Å². The van der Waals surface area contributed by atoms with Crippen molar-refractivity contribution in [2.75, 3.05) is 26.8 Å². The molecule has 0 radical (unpaired) electrons. The molecule has 0 atom stereocenters. The van der Waals surface area contributed by atoms with E-state index in [0.717, 1.165) is 16.9 Å². The fourth-order valence-electron chi connectivity index (χ4n) is 2.23. The van der Waals surface area contributed by atoms with Gasteiger partial charge >= 0.3 is 0 Å². The largest absolute Gasteiger partial charge is 0.492 e. The summed E-state index contributed by atoms with van der Waals surface area (Å²) in [5, 5.41) is 0. The number of nitrogens with zero attached hydrogens (tertiary/aromatic N) is 1. The van der Waals surface area contributed by atoms with Crippen LogP contribution in [0.25, 0.3) is 0 Å². The first kappa shape index (κ1) is 17.8. The first-order valence-electron chi connectivity index (χ1n) is 7.77. The number of halogens is 1. The molecule has 24 heavy (non-hydrogen) atoms. The van der Waals surface area contributed by atoms with Gasteiger partial charge in [-0.1, -0.05) is 6.07 Å². The Morgan fingerprint density at radius 3 is 2.25 bits per heavy atom. The Balaban J connectivity index is 1.74. The van der Waals surface area contributed by atoms with E-state index >= 15 is 0 Å². The van der Waals surface area contributed by atoms with E-state index in [-0.39, 0.29) is 18.3 Å². The Bertz CT molecular complexity index is 665. The van der Waals surface area contributed by atoms with Gasteiger partial charge in [0.25, 0.3) is 5.91 Å². The van der Waals surface area contributed by atoms with E-state index in [1.807, 2.05) is 26.0 Å². The van der Waals surface area contributed by atoms with E-state index < -0.39 is 0 Å². The molecule has 0 aliphatic carbocycles. The Morgan fingerprint density at radius 1 is 1.00 bits per heavy atom. The van der Waals surface area contributed by atoms with Crippen molar-refractivity contribution >= 4 is 5.91 Å². The van der Waals surface area contributed by atoms with Crippen molar-refractivity contribution in [2.45, 2.75) is 13.8 Å². The third kappa shape index (κ3) is 5.57. The summed E-state index contributed by atoms with van der Waals surface area (Å²) in [6, 6.07) is 11.6. The lowest BCUT2D eigenvalue weighted by atomic mass is 10.1. The highest BCUT2D eigenvalue weighted by Gasteiger charge is 2.10. The van der Waals surface area contributed by atoms with Crippen LogP contribution in [0.3, 0.4) is 0 Å². The second kappa shape index (κ2) is 8.34. The summed E-state index contributed by atoms with van der Waals surface area (Å²) in [5.41, 5.74) is 2.28. The van der Waals surface area contributed by atoms with Gasteiger partial charge in [-0.3, -0.25) is 4.79 Å². The van der Waals surface area contributed by atoms with Crippen molar-refractivity contribution in [3.05, 3.63) is 59.4 Å². The third-order valence-corrected chi connectivity index (χ3v) is 3.49. The summed E-state index contributed by atoms with van der Waals surface area (Å²) in [7, 11) is 1.70. The molecule has 0 saturated heterocycles. The van der Waals surface area contributed by atoms with Crippen molar-refractivity contribution < 1.29 is 18.7 Å². The van der Waals surface area contributed by atoms with Gasteiger partial charge in [-0.2, -0.15) is 0 Å². The summed E-state index contributed by atoms with van der Waals surface area (Å²) >= 11 is 0. The van der Waals surface area contributed by atoms with Gasteiger partial charge in [0.1, 0.15) is 23.9 Å². The Morgan fingerprint density at radius 2 is 1.62 bits per heavy atom. The zero-order valence-corrected chi connectivity index (χ0v) is 14.2. The number of rotatable bonds is 7. The molecule has 0 bridgehead atoms. The molecular formula is C19H22FNO3. The normalized spacial score (nSPS) is 10.3. The van der Waals surface area contributed by atoms with Crippen LogP contribution in [-0.2, 0) is 4.79 Å². The lowest BCUT2D eigenvalue weighted by molar-refractivity contribution is -0.132. The molecule has 0 aromatic heterocycles. The maximum Gasteiger partial charge on any atom is 0.260 e. The van der Waals surface area contributed by atoms with Gasteiger partial charge < -0.3 is 14.4 Å². The highest BCUT2D eigenvalue weighted by molar-refractivity contribution is 5.77. The van der Waals surface area contributed by atoms with E-state index in [9.17, 15) is 9.18 Å².